The number of ether oxygens (including phenoxy) is 2. The summed E-state index contributed by atoms with van der Waals surface area (Å²) in [5.74, 6) is -0.247. The molecule has 0 saturated heterocycles. The van der Waals surface area contributed by atoms with Crippen molar-refractivity contribution in [2.75, 3.05) is 20.2 Å². The molecule has 1 aliphatic heterocycles. The van der Waals surface area contributed by atoms with Gasteiger partial charge in [-0.25, -0.2) is 9.18 Å². The Morgan fingerprint density at radius 2 is 1.93 bits per heavy atom. The summed E-state index contributed by atoms with van der Waals surface area (Å²) in [4.78, 5) is 13.8. The lowest BCUT2D eigenvalue weighted by molar-refractivity contribution is -0.00157. The fraction of sp³-hybridized carbons (Fsp3) is 0.409. The number of amides is 1. The van der Waals surface area contributed by atoms with Crippen molar-refractivity contribution in [3.05, 3.63) is 59.4 Å². The van der Waals surface area contributed by atoms with Crippen LogP contribution in [0.25, 0.3) is 11.1 Å². The molecule has 3 rings (SSSR count). The average Bonchev–Trinajstić information content (AvgIpc) is 2.61. The van der Waals surface area contributed by atoms with E-state index in [0.717, 1.165) is 23.1 Å². The van der Waals surface area contributed by atoms with E-state index in [-0.39, 0.29) is 18.0 Å². The van der Waals surface area contributed by atoms with Gasteiger partial charge in [0, 0.05) is 7.05 Å². The summed E-state index contributed by atoms with van der Waals surface area (Å²) in [5.41, 5.74) is 3.79. The summed E-state index contributed by atoms with van der Waals surface area (Å²) < 4.78 is 24.7. The van der Waals surface area contributed by atoms with E-state index < -0.39 is 5.60 Å². The van der Waals surface area contributed by atoms with E-state index in [9.17, 15) is 9.18 Å². The number of carbonyl (C=O) groups excluding carboxylic acids is 1. The van der Waals surface area contributed by atoms with Crippen LogP contribution in [-0.2, 0) is 15.9 Å². The third-order valence-corrected chi connectivity index (χ3v) is 4.53. The van der Waals surface area contributed by atoms with Gasteiger partial charge < -0.3 is 14.4 Å². The third kappa shape index (κ3) is 4.66. The largest absolute Gasteiger partial charge is 0.444 e. The molecule has 5 heteroatoms. The van der Waals surface area contributed by atoms with Crippen molar-refractivity contribution >= 4 is 6.09 Å². The molecule has 2 aromatic rings. The van der Waals surface area contributed by atoms with Crippen LogP contribution in [0.1, 0.15) is 38.0 Å². The van der Waals surface area contributed by atoms with Gasteiger partial charge in [-0.3, -0.25) is 0 Å². The predicted octanol–water partition coefficient (Wildman–Crippen LogP) is 4.97. The second kappa shape index (κ2) is 7.69. The average molecular weight is 371 g/mol. The van der Waals surface area contributed by atoms with E-state index in [0.29, 0.717) is 13.2 Å². The molecule has 0 saturated carbocycles. The van der Waals surface area contributed by atoms with Crippen LogP contribution >= 0.6 is 0 Å². The Kier molecular flexibility index (Phi) is 5.51. The zero-order valence-corrected chi connectivity index (χ0v) is 16.3. The fourth-order valence-corrected chi connectivity index (χ4v) is 3.29. The second-order valence-corrected chi connectivity index (χ2v) is 7.85. The van der Waals surface area contributed by atoms with Crippen LogP contribution in [0.5, 0.6) is 0 Å². The van der Waals surface area contributed by atoms with Crippen LogP contribution in [-0.4, -0.2) is 36.8 Å². The van der Waals surface area contributed by atoms with Crippen molar-refractivity contribution in [1.82, 2.24) is 4.90 Å². The summed E-state index contributed by atoms with van der Waals surface area (Å²) >= 11 is 0. The first-order valence-electron chi connectivity index (χ1n) is 9.18. The molecule has 1 atom stereocenters. The molecule has 0 radical (unpaired) electrons. The molecule has 144 valence electrons. The molecule has 1 aliphatic rings. The Labute approximate surface area is 159 Å². The highest BCUT2D eigenvalue weighted by atomic mass is 19.1. The number of hydrogen-bond donors (Lipinski definition) is 0. The zero-order valence-electron chi connectivity index (χ0n) is 16.3. The molecule has 1 amide bonds. The van der Waals surface area contributed by atoms with E-state index in [1.165, 1.54) is 17.7 Å². The van der Waals surface area contributed by atoms with Crippen LogP contribution in [0.4, 0.5) is 9.18 Å². The van der Waals surface area contributed by atoms with Crippen molar-refractivity contribution in [3.8, 4) is 11.1 Å². The quantitative estimate of drug-likeness (QED) is 0.764. The summed E-state index contributed by atoms with van der Waals surface area (Å²) in [6.45, 7) is 6.53. The van der Waals surface area contributed by atoms with Crippen molar-refractivity contribution < 1.29 is 18.7 Å². The van der Waals surface area contributed by atoms with Crippen LogP contribution < -0.4 is 0 Å². The van der Waals surface area contributed by atoms with Crippen molar-refractivity contribution in [1.29, 1.82) is 0 Å². The first kappa shape index (κ1) is 19.4. The normalized spacial score (nSPS) is 16.6. The monoisotopic (exact) mass is 371 g/mol. The second-order valence-electron chi connectivity index (χ2n) is 7.85. The van der Waals surface area contributed by atoms with E-state index in [1.54, 1.807) is 24.1 Å². The molecule has 0 spiro atoms. The molecule has 0 N–H and O–H groups in total. The minimum Gasteiger partial charge on any atom is -0.444 e. The lowest BCUT2D eigenvalue weighted by Gasteiger charge is -2.32. The van der Waals surface area contributed by atoms with Crippen LogP contribution in [0, 0.1) is 5.82 Å². The van der Waals surface area contributed by atoms with E-state index in [1.807, 2.05) is 39.0 Å². The number of fused-ring (bicyclic) bond motifs is 1. The van der Waals surface area contributed by atoms with E-state index >= 15 is 0 Å². The summed E-state index contributed by atoms with van der Waals surface area (Å²) in [7, 11) is 1.72. The number of likely N-dealkylation sites (N-methyl/N-ethyl adjacent to an activating group) is 1. The highest BCUT2D eigenvalue weighted by molar-refractivity contribution is 5.70. The van der Waals surface area contributed by atoms with Crippen LogP contribution in [0.2, 0.25) is 0 Å². The SMILES string of the molecule is CN(CC1OCCc2c(-c3ccc(F)cc3)cccc21)C(=O)OC(C)(C)C. The van der Waals surface area contributed by atoms with Gasteiger partial charge in [-0.1, -0.05) is 30.3 Å². The zero-order chi connectivity index (χ0) is 19.6. The third-order valence-electron chi connectivity index (χ3n) is 4.53. The molecular formula is C22H26FNO3. The lowest BCUT2D eigenvalue weighted by atomic mass is 9.89. The van der Waals surface area contributed by atoms with Gasteiger partial charge in [-0.05, 0) is 61.6 Å². The number of carbonyl (C=O) groups is 1. The van der Waals surface area contributed by atoms with Gasteiger partial charge in [0.15, 0.2) is 0 Å². The summed E-state index contributed by atoms with van der Waals surface area (Å²) in [5, 5.41) is 0. The Morgan fingerprint density at radius 1 is 1.22 bits per heavy atom. The lowest BCUT2D eigenvalue weighted by Crippen LogP contribution is -2.38. The highest BCUT2D eigenvalue weighted by Gasteiger charge is 2.27. The van der Waals surface area contributed by atoms with Gasteiger partial charge in [0.25, 0.3) is 0 Å². The number of hydrogen-bond acceptors (Lipinski definition) is 3. The Balaban J connectivity index is 1.83. The van der Waals surface area contributed by atoms with Gasteiger partial charge in [0.05, 0.1) is 13.2 Å². The number of nitrogens with zero attached hydrogens (tertiary/aromatic N) is 1. The molecule has 1 unspecified atom stereocenters. The molecule has 4 nitrogen and oxygen atoms in total. The molecule has 0 fully saturated rings. The predicted molar refractivity (Wildman–Crippen MR) is 103 cm³/mol. The van der Waals surface area contributed by atoms with E-state index in [2.05, 4.69) is 0 Å². The molecule has 2 aromatic carbocycles. The number of rotatable bonds is 3. The topological polar surface area (TPSA) is 38.8 Å². The molecule has 27 heavy (non-hydrogen) atoms. The molecule has 0 bridgehead atoms. The van der Waals surface area contributed by atoms with Gasteiger partial charge in [-0.15, -0.1) is 0 Å². The van der Waals surface area contributed by atoms with Gasteiger partial charge in [-0.2, -0.15) is 0 Å². The number of halogens is 1. The molecule has 0 aliphatic carbocycles. The van der Waals surface area contributed by atoms with Crippen molar-refractivity contribution in [2.45, 2.75) is 38.9 Å². The fourth-order valence-electron chi connectivity index (χ4n) is 3.29. The maximum absolute atomic E-state index is 13.3. The van der Waals surface area contributed by atoms with Gasteiger partial charge in [0.1, 0.15) is 17.5 Å². The van der Waals surface area contributed by atoms with Crippen molar-refractivity contribution in [3.63, 3.8) is 0 Å². The summed E-state index contributed by atoms with van der Waals surface area (Å²) in [6.07, 6.45) is 0.204. The minimum atomic E-state index is -0.535. The standard InChI is InChI=1S/C22H26FNO3/c1-22(2,3)27-21(25)24(4)14-20-19-7-5-6-17(18(19)12-13-26-20)15-8-10-16(23)11-9-15/h5-11,20H,12-14H2,1-4H3. The maximum atomic E-state index is 13.3. The van der Waals surface area contributed by atoms with Crippen LogP contribution in [0.15, 0.2) is 42.5 Å². The molecule has 0 aromatic heterocycles. The van der Waals surface area contributed by atoms with E-state index in [4.69, 9.17) is 9.47 Å². The molecular weight excluding hydrogens is 345 g/mol. The summed E-state index contributed by atoms with van der Waals surface area (Å²) in [6, 6.07) is 12.6. The van der Waals surface area contributed by atoms with Gasteiger partial charge >= 0.3 is 6.09 Å². The maximum Gasteiger partial charge on any atom is 0.410 e. The smallest absolute Gasteiger partial charge is 0.410 e. The molecule has 1 heterocycles. The first-order chi connectivity index (χ1) is 12.7. The number of benzene rings is 2. The Bertz CT molecular complexity index is 811. The minimum absolute atomic E-state index is 0.216. The highest BCUT2D eigenvalue weighted by Crippen LogP contribution is 2.35. The van der Waals surface area contributed by atoms with Gasteiger partial charge in [0.2, 0.25) is 0 Å². The first-order valence-corrected chi connectivity index (χ1v) is 9.18. The Morgan fingerprint density at radius 3 is 2.59 bits per heavy atom. The Hall–Kier alpha value is -2.40. The van der Waals surface area contributed by atoms with Crippen LogP contribution in [0.3, 0.4) is 0 Å². The van der Waals surface area contributed by atoms with Crippen molar-refractivity contribution in [2.24, 2.45) is 0 Å².